The molecule has 7 nitrogen and oxygen atoms in total. The van der Waals surface area contributed by atoms with Crippen molar-refractivity contribution in [3.05, 3.63) is 70.7 Å². The van der Waals surface area contributed by atoms with Crippen molar-refractivity contribution in [2.24, 2.45) is 0 Å². The molecule has 2 aromatic carbocycles. The van der Waals surface area contributed by atoms with E-state index in [1.54, 1.807) is 38.3 Å². The minimum absolute atomic E-state index is 0.396. The van der Waals surface area contributed by atoms with Crippen molar-refractivity contribution in [2.45, 2.75) is 13.0 Å². The van der Waals surface area contributed by atoms with Gasteiger partial charge in [-0.05, 0) is 24.6 Å². The van der Waals surface area contributed by atoms with E-state index < -0.39 is 17.9 Å². The summed E-state index contributed by atoms with van der Waals surface area (Å²) in [6.07, 6.45) is 0. The predicted octanol–water partition coefficient (Wildman–Crippen LogP) is 3.85. The molecule has 0 aliphatic rings. The largest absolute Gasteiger partial charge is 0.495 e. The number of amides is 1. The molecule has 1 atom stereocenters. The minimum atomic E-state index is -0.902. The van der Waals surface area contributed by atoms with Crippen LogP contribution in [0.2, 0.25) is 0 Å². The second kappa shape index (κ2) is 9.20. The SMILES string of the molecule is COC(=O)C(NC(=O)c1sc(Nc2ccccc2OC)nc1C)c1ccccc1. The molecular weight excluding hydrogens is 390 g/mol. The molecule has 0 saturated heterocycles. The molecular formula is C21H21N3O4S. The van der Waals surface area contributed by atoms with Gasteiger partial charge in [0.2, 0.25) is 0 Å². The average molecular weight is 411 g/mol. The molecule has 1 aromatic heterocycles. The number of rotatable bonds is 7. The van der Waals surface area contributed by atoms with Crippen molar-refractivity contribution in [1.29, 1.82) is 0 Å². The van der Waals surface area contributed by atoms with E-state index >= 15 is 0 Å². The Morgan fingerprint density at radius 3 is 2.41 bits per heavy atom. The summed E-state index contributed by atoms with van der Waals surface area (Å²) in [7, 11) is 2.88. The normalized spacial score (nSPS) is 11.4. The highest BCUT2D eigenvalue weighted by Gasteiger charge is 2.26. The van der Waals surface area contributed by atoms with Crippen LogP contribution in [0.5, 0.6) is 5.75 Å². The summed E-state index contributed by atoms with van der Waals surface area (Å²) in [4.78, 5) is 29.9. The zero-order valence-electron chi connectivity index (χ0n) is 16.3. The highest BCUT2D eigenvalue weighted by Crippen LogP contribution is 2.31. The van der Waals surface area contributed by atoms with Crippen LogP contribution in [0.25, 0.3) is 0 Å². The molecule has 0 bridgehead atoms. The Bertz CT molecular complexity index is 1000. The van der Waals surface area contributed by atoms with Gasteiger partial charge in [0.05, 0.1) is 25.6 Å². The lowest BCUT2D eigenvalue weighted by atomic mass is 10.1. The number of carbonyl (C=O) groups is 2. The second-order valence-electron chi connectivity index (χ2n) is 6.10. The maximum atomic E-state index is 12.9. The van der Waals surface area contributed by atoms with Gasteiger partial charge in [-0.25, -0.2) is 9.78 Å². The number of nitrogens with one attached hydrogen (secondary N) is 2. The Morgan fingerprint density at radius 2 is 1.72 bits per heavy atom. The van der Waals surface area contributed by atoms with Crippen LogP contribution in [0.4, 0.5) is 10.8 Å². The van der Waals surface area contributed by atoms with E-state index in [4.69, 9.17) is 9.47 Å². The monoisotopic (exact) mass is 411 g/mol. The summed E-state index contributed by atoms with van der Waals surface area (Å²) in [6, 6.07) is 15.5. The number of hydrogen-bond acceptors (Lipinski definition) is 7. The number of anilines is 2. The molecule has 1 heterocycles. The van der Waals surface area contributed by atoms with Gasteiger partial charge in [-0.1, -0.05) is 53.8 Å². The number of benzene rings is 2. The molecule has 1 unspecified atom stereocenters. The number of para-hydroxylation sites is 2. The van der Waals surface area contributed by atoms with E-state index in [-0.39, 0.29) is 0 Å². The van der Waals surface area contributed by atoms with Crippen LogP contribution in [0.3, 0.4) is 0 Å². The molecule has 1 amide bonds. The topological polar surface area (TPSA) is 89.5 Å². The molecule has 0 saturated carbocycles. The molecule has 0 spiro atoms. The first kappa shape index (κ1) is 20.3. The van der Waals surface area contributed by atoms with E-state index in [0.29, 0.717) is 27.0 Å². The number of ether oxygens (including phenoxy) is 2. The van der Waals surface area contributed by atoms with Crippen molar-refractivity contribution in [3.8, 4) is 5.75 Å². The van der Waals surface area contributed by atoms with Crippen LogP contribution in [0.1, 0.15) is 27.0 Å². The van der Waals surface area contributed by atoms with Gasteiger partial charge in [-0.2, -0.15) is 0 Å². The summed E-state index contributed by atoms with van der Waals surface area (Å²) in [5, 5.41) is 6.46. The van der Waals surface area contributed by atoms with Gasteiger partial charge in [0.25, 0.3) is 5.91 Å². The van der Waals surface area contributed by atoms with Crippen LogP contribution in [-0.2, 0) is 9.53 Å². The zero-order chi connectivity index (χ0) is 20.8. The van der Waals surface area contributed by atoms with Gasteiger partial charge in [0, 0.05) is 0 Å². The fourth-order valence-corrected chi connectivity index (χ4v) is 3.64. The molecule has 2 N–H and O–H groups in total. The molecule has 3 aromatic rings. The first-order valence-electron chi connectivity index (χ1n) is 8.84. The lowest BCUT2D eigenvalue weighted by molar-refractivity contribution is -0.143. The highest BCUT2D eigenvalue weighted by atomic mass is 32.1. The average Bonchev–Trinajstić information content (AvgIpc) is 3.12. The predicted molar refractivity (Wildman–Crippen MR) is 112 cm³/mol. The molecule has 0 aliphatic heterocycles. The van der Waals surface area contributed by atoms with Crippen molar-refractivity contribution >= 4 is 34.0 Å². The summed E-state index contributed by atoms with van der Waals surface area (Å²) >= 11 is 1.20. The quantitative estimate of drug-likeness (QED) is 0.574. The fourth-order valence-electron chi connectivity index (χ4n) is 2.76. The smallest absolute Gasteiger partial charge is 0.333 e. The highest BCUT2D eigenvalue weighted by molar-refractivity contribution is 7.17. The zero-order valence-corrected chi connectivity index (χ0v) is 17.1. The molecule has 150 valence electrons. The van der Waals surface area contributed by atoms with Crippen LogP contribution >= 0.6 is 11.3 Å². The van der Waals surface area contributed by atoms with Gasteiger partial charge in [0.1, 0.15) is 10.6 Å². The maximum Gasteiger partial charge on any atom is 0.333 e. The third kappa shape index (κ3) is 4.72. The number of aromatic nitrogens is 1. The molecule has 8 heteroatoms. The number of esters is 1. The number of carbonyl (C=O) groups excluding carboxylic acids is 2. The van der Waals surface area contributed by atoms with Crippen LogP contribution < -0.4 is 15.4 Å². The number of hydrogen-bond donors (Lipinski definition) is 2. The lowest BCUT2D eigenvalue weighted by Gasteiger charge is -2.16. The van der Waals surface area contributed by atoms with E-state index in [2.05, 4.69) is 15.6 Å². The van der Waals surface area contributed by atoms with Crippen LogP contribution in [0.15, 0.2) is 54.6 Å². The van der Waals surface area contributed by atoms with Gasteiger partial charge in [-0.3, -0.25) is 4.79 Å². The lowest BCUT2D eigenvalue weighted by Crippen LogP contribution is -2.34. The molecule has 3 rings (SSSR count). The van der Waals surface area contributed by atoms with Gasteiger partial charge in [0.15, 0.2) is 11.2 Å². The molecule has 0 fully saturated rings. The Morgan fingerprint density at radius 1 is 1.03 bits per heavy atom. The van der Waals surface area contributed by atoms with Crippen molar-refractivity contribution < 1.29 is 19.1 Å². The first-order chi connectivity index (χ1) is 14.0. The Labute approximate surface area is 172 Å². The first-order valence-corrected chi connectivity index (χ1v) is 9.66. The standard InChI is InChI=1S/C21H21N3O4S/c1-13-18(29-21(22-13)23-15-11-7-8-12-16(15)27-2)19(25)24-17(20(26)28-3)14-9-5-4-6-10-14/h4-12,17H,1-3H3,(H,22,23)(H,24,25). The third-order valence-corrected chi connectivity index (χ3v) is 5.27. The number of thiazole rings is 1. The van der Waals surface area contributed by atoms with Gasteiger partial charge < -0.3 is 20.1 Å². The Kier molecular flexibility index (Phi) is 6.46. The van der Waals surface area contributed by atoms with E-state index in [1.165, 1.54) is 18.4 Å². The van der Waals surface area contributed by atoms with E-state index in [9.17, 15) is 9.59 Å². The summed E-state index contributed by atoms with van der Waals surface area (Å²) < 4.78 is 10.2. The fraction of sp³-hybridized carbons (Fsp3) is 0.190. The van der Waals surface area contributed by atoms with Crippen molar-refractivity contribution in [1.82, 2.24) is 10.3 Å². The van der Waals surface area contributed by atoms with Crippen molar-refractivity contribution in [2.75, 3.05) is 19.5 Å². The number of methoxy groups -OCH3 is 2. The second-order valence-corrected chi connectivity index (χ2v) is 7.10. The Hall–Kier alpha value is -3.39. The molecule has 0 aliphatic carbocycles. The van der Waals surface area contributed by atoms with Crippen LogP contribution in [-0.4, -0.2) is 31.1 Å². The third-order valence-electron chi connectivity index (χ3n) is 4.20. The molecule has 29 heavy (non-hydrogen) atoms. The number of nitrogens with zero attached hydrogens (tertiary/aromatic N) is 1. The summed E-state index contributed by atoms with van der Waals surface area (Å²) in [5.41, 5.74) is 1.94. The summed E-state index contributed by atoms with van der Waals surface area (Å²) in [5.74, 6) is -0.271. The number of aryl methyl sites for hydroxylation is 1. The van der Waals surface area contributed by atoms with Crippen LogP contribution in [0, 0.1) is 6.92 Å². The minimum Gasteiger partial charge on any atom is -0.495 e. The Balaban J connectivity index is 1.81. The summed E-state index contributed by atoms with van der Waals surface area (Å²) in [6.45, 7) is 1.74. The van der Waals surface area contributed by atoms with E-state index in [1.807, 2.05) is 30.3 Å². The maximum absolute atomic E-state index is 12.9. The van der Waals surface area contributed by atoms with E-state index in [0.717, 1.165) is 5.69 Å². The van der Waals surface area contributed by atoms with Crippen molar-refractivity contribution in [3.63, 3.8) is 0 Å². The van der Waals surface area contributed by atoms with Gasteiger partial charge >= 0.3 is 5.97 Å². The van der Waals surface area contributed by atoms with Gasteiger partial charge in [-0.15, -0.1) is 0 Å². The molecule has 0 radical (unpaired) electrons.